The maximum atomic E-state index is 13.4. The largest absolute Gasteiger partial charge is 0.383 e. The smallest absolute Gasteiger partial charge is 0.206 e. The van der Waals surface area contributed by atoms with E-state index in [1.807, 2.05) is 29.6 Å². The number of hydrogen-bond donors (Lipinski definition) is 0. The van der Waals surface area contributed by atoms with Crippen molar-refractivity contribution in [1.29, 1.82) is 0 Å². The van der Waals surface area contributed by atoms with Gasteiger partial charge in [-0.2, -0.15) is 0 Å². The number of fused-ring (bicyclic) bond motifs is 1. The van der Waals surface area contributed by atoms with Gasteiger partial charge in [-0.15, -0.1) is 0 Å². The highest BCUT2D eigenvalue weighted by Crippen LogP contribution is 2.29. The molecule has 0 amide bonds. The molecular formula is C23H26FN3O. The standard InChI is InChI=1S/C23H26FN3O/c1-5-16(6-2)18-11-14-27-21(15-18)25-22(17-7-9-19(24)10-8-17)23(27)20(28)12-13-26(3)4/h7-16H,5-6H2,1-4H3/b13-12+. The molecule has 0 aliphatic carbocycles. The Labute approximate surface area is 165 Å². The van der Waals surface area contributed by atoms with E-state index in [1.165, 1.54) is 23.8 Å². The van der Waals surface area contributed by atoms with E-state index < -0.39 is 0 Å². The minimum atomic E-state index is -0.316. The first kappa shape index (κ1) is 19.8. The predicted molar refractivity (Wildman–Crippen MR) is 111 cm³/mol. The number of hydrogen-bond acceptors (Lipinski definition) is 3. The molecule has 3 aromatic rings. The van der Waals surface area contributed by atoms with Gasteiger partial charge in [0, 0.05) is 38.1 Å². The first-order valence-corrected chi connectivity index (χ1v) is 9.61. The van der Waals surface area contributed by atoms with Crippen LogP contribution in [0.25, 0.3) is 16.9 Å². The number of ketones is 1. The second kappa shape index (κ2) is 8.38. The summed E-state index contributed by atoms with van der Waals surface area (Å²) in [7, 11) is 3.72. The van der Waals surface area contributed by atoms with Gasteiger partial charge < -0.3 is 4.90 Å². The first-order chi connectivity index (χ1) is 13.4. The van der Waals surface area contributed by atoms with Crippen LogP contribution in [0, 0.1) is 5.82 Å². The summed E-state index contributed by atoms with van der Waals surface area (Å²) in [6.07, 6.45) is 7.27. The van der Waals surface area contributed by atoms with Crippen molar-refractivity contribution in [2.24, 2.45) is 0 Å². The molecule has 0 aliphatic rings. The number of benzene rings is 1. The van der Waals surface area contributed by atoms with E-state index in [9.17, 15) is 9.18 Å². The lowest BCUT2D eigenvalue weighted by molar-refractivity contribution is 0.104. The summed E-state index contributed by atoms with van der Waals surface area (Å²) in [5.74, 6) is 0.00322. The van der Waals surface area contributed by atoms with E-state index >= 15 is 0 Å². The molecule has 0 unspecified atom stereocenters. The monoisotopic (exact) mass is 379 g/mol. The van der Waals surface area contributed by atoms with E-state index in [2.05, 4.69) is 26.0 Å². The van der Waals surface area contributed by atoms with Crippen LogP contribution in [-0.4, -0.2) is 34.2 Å². The molecular weight excluding hydrogens is 353 g/mol. The Morgan fingerprint density at radius 2 is 1.86 bits per heavy atom. The minimum absolute atomic E-state index is 0.143. The normalized spacial score (nSPS) is 11.6. The van der Waals surface area contributed by atoms with Crippen LogP contribution in [0.3, 0.4) is 0 Å². The molecule has 0 saturated heterocycles. The van der Waals surface area contributed by atoms with Gasteiger partial charge >= 0.3 is 0 Å². The molecule has 0 fully saturated rings. The van der Waals surface area contributed by atoms with Gasteiger partial charge in [-0.3, -0.25) is 9.20 Å². The summed E-state index contributed by atoms with van der Waals surface area (Å²) in [6.45, 7) is 4.35. The fourth-order valence-corrected chi connectivity index (χ4v) is 3.41. The number of allylic oxidation sites excluding steroid dienone is 1. The number of nitrogens with zero attached hydrogens (tertiary/aromatic N) is 3. The number of rotatable bonds is 7. The van der Waals surface area contributed by atoms with Crippen LogP contribution in [-0.2, 0) is 0 Å². The van der Waals surface area contributed by atoms with Gasteiger partial charge in [0.1, 0.15) is 22.9 Å². The van der Waals surface area contributed by atoms with Crippen LogP contribution in [0.15, 0.2) is 54.9 Å². The zero-order chi connectivity index (χ0) is 20.3. The van der Waals surface area contributed by atoms with Gasteiger partial charge in [-0.1, -0.05) is 13.8 Å². The number of carbonyl (C=O) groups is 1. The summed E-state index contributed by atoms with van der Waals surface area (Å²) >= 11 is 0. The first-order valence-electron chi connectivity index (χ1n) is 9.61. The SMILES string of the molecule is CCC(CC)c1ccn2c(C(=O)/C=C/N(C)C)c(-c3ccc(F)cc3)nc2c1. The van der Waals surface area contributed by atoms with E-state index in [1.54, 1.807) is 18.3 Å². The van der Waals surface area contributed by atoms with Gasteiger partial charge in [0.2, 0.25) is 5.78 Å². The third-order valence-electron chi connectivity index (χ3n) is 4.98. The molecule has 2 aromatic heterocycles. The van der Waals surface area contributed by atoms with Crippen molar-refractivity contribution in [2.45, 2.75) is 32.6 Å². The van der Waals surface area contributed by atoms with Crippen LogP contribution in [0.1, 0.15) is 48.7 Å². The maximum absolute atomic E-state index is 13.4. The van der Waals surface area contributed by atoms with Crippen molar-refractivity contribution >= 4 is 11.4 Å². The highest BCUT2D eigenvalue weighted by molar-refractivity contribution is 6.08. The quantitative estimate of drug-likeness (QED) is 0.413. The fourth-order valence-electron chi connectivity index (χ4n) is 3.41. The molecule has 0 atom stereocenters. The molecule has 0 bridgehead atoms. The molecule has 5 heteroatoms. The zero-order valence-corrected chi connectivity index (χ0v) is 16.8. The third kappa shape index (κ3) is 3.98. The summed E-state index contributed by atoms with van der Waals surface area (Å²) in [6, 6.07) is 10.2. The van der Waals surface area contributed by atoms with Crippen molar-refractivity contribution < 1.29 is 9.18 Å². The van der Waals surface area contributed by atoms with E-state index in [0.29, 0.717) is 17.3 Å². The van der Waals surface area contributed by atoms with Crippen LogP contribution in [0.4, 0.5) is 4.39 Å². The molecule has 0 saturated carbocycles. The Balaban J connectivity index is 2.19. The van der Waals surface area contributed by atoms with Crippen molar-refractivity contribution in [2.75, 3.05) is 14.1 Å². The predicted octanol–water partition coefficient (Wildman–Crippen LogP) is 5.30. The number of halogens is 1. The number of pyridine rings is 1. The second-order valence-electron chi connectivity index (χ2n) is 7.16. The Morgan fingerprint density at radius 1 is 1.18 bits per heavy atom. The van der Waals surface area contributed by atoms with Crippen molar-refractivity contribution in [3.8, 4) is 11.3 Å². The lowest BCUT2D eigenvalue weighted by Crippen LogP contribution is -2.06. The van der Waals surface area contributed by atoms with Gasteiger partial charge in [0.15, 0.2) is 0 Å². The lowest BCUT2D eigenvalue weighted by Gasteiger charge is -2.12. The van der Waals surface area contributed by atoms with Gasteiger partial charge in [0.05, 0.1) is 0 Å². The molecule has 146 valence electrons. The number of carbonyl (C=O) groups excluding carboxylic acids is 1. The summed E-state index contributed by atoms with van der Waals surface area (Å²) < 4.78 is 15.2. The van der Waals surface area contributed by atoms with Crippen LogP contribution >= 0.6 is 0 Å². The van der Waals surface area contributed by atoms with E-state index in [4.69, 9.17) is 4.98 Å². The fraction of sp³-hybridized carbons (Fsp3) is 0.304. The third-order valence-corrected chi connectivity index (χ3v) is 4.98. The van der Waals surface area contributed by atoms with Crippen LogP contribution in [0.2, 0.25) is 0 Å². The molecule has 2 heterocycles. The topological polar surface area (TPSA) is 37.6 Å². The van der Waals surface area contributed by atoms with Crippen molar-refractivity contribution in [1.82, 2.24) is 14.3 Å². The molecule has 4 nitrogen and oxygen atoms in total. The number of aromatic nitrogens is 2. The summed E-state index contributed by atoms with van der Waals surface area (Å²) in [4.78, 5) is 19.5. The van der Waals surface area contributed by atoms with Gasteiger partial charge in [-0.05, 0) is 60.7 Å². The number of imidazole rings is 1. The average Bonchev–Trinajstić information content (AvgIpc) is 3.06. The second-order valence-corrected chi connectivity index (χ2v) is 7.16. The van der Waals surface area contributed by atoms with E-state index in [-0.39, 0.29) is 11.6 Å². The van der Waals surface area contributed by atoms with Crippen molar-refractivity contribution in [3.63, 3.8) is 0 Å². The Bertz CT molecular complexity index is 999. The Morgan fingerprint density at radius 3 is 2.46 bits per heavy atom. The molecule has 1 aromatic carbocycles. The zero-order valence-electron chi connectivity index (χ0n) is 16.8. The highest BCUT2D eigenvalue weighted by atomic mass is 19.1. The molecule has 3 rings (SSSR count). The molecule has 0 radical (unpaired) electrons. The molecule has 0 N–H and O–H groups in total. The lowest BCUT2D eigenvalue weighted by atomic mass is 9.95. The summed E-state index contributed by atoms with van der Waals surface area (Å²) in [5.41, 5.74) is 3.71. The molecule has 0 spiro atoms. The molecule has 28 heavy (non-hydrogen) atoms. The Hall–Kier alpha value is -2.95. The van der Waals surface area contributed by atoms with Gasteiger partial charge in [-0.25, -0.2) is 9.37 Å². The maximum Gasteiger partial charge on any atom is 0.206 e. The van der Waals surface area contributed by atoms with Crippen molar-refractivity contribution in [3.05, 3.63) is 71.9 Å². The molecule has 0 aliphatic heterocycles. The van der Waals surface area contributed by atoms with Gasteiger partial charge in [0.25, 0.3) is 0 Å². The van der Waals surface area contributed by atoms with Crippen LogP contribution in [0.5, 0.6) is 0 Å². The highest BCUT2D eigenvalue weighted by Gasteiger charge is 2.20. The van der Waals surface area contributed by atoms with E-state index in [0.717, 1.165) is 24.1 Å². The summed E-state index contributed by atoms with van der Waals surface area (Å²) in [5, 5.41) is 0. The van der Waals surface area contributed by atoms with Crippen LogP contribution < -0.4 is 0 Å². The Kier molecular flexibility index (Phi) is 5.93. The average molecular weight is 379 g/mol. The minimum Gasteiger partial charge on any atom is -0.383 e.